The molecule has 0 aromatic rings. The molecule has 1 saturated heterocycles. The van der Waals surface area contributed by atoms with Crippen molar-refractivity contribution in [3.8, 4) is 0 Å². The van der Waals surface area contributed by atoms with Gasteiger partial charge in [-0.1, -0.05) is 20.8 Å². The molecule has 5 atom stereocenters. The topological polar surface area (TPSA) is 15.3 Å². The van der Waals surface area contributed by atoms with Crippen LogP contribution in [0, 0.1) is 11.8 Å². The van der Waals surface area contributed by atoms with Gasteiger partial charge in [0.1, 0.15) is 0 Å². The van der Waals surface area contributed by atoms with E-state index in [1.165, 1.54) is 51.6 Å². The van der Waals surface area contributed by atoms with Crippen molar-refractivity contribution >= 4 is 0 Å². The van der Waals surface area contributed by atoms with Crippen LogP contribution in [0.3, 0.4) is 0 Å². The summed E-state index contributed by atoms with van der Waals surface area (Å²) in [5, 5.41) is 3.72. The van der Waals surface area contributed by atoms with E-state index in [4.69, 9.17) is 0 Å². The van der Waals surface area contributed by atoms with E-state index >= 15 is 0 Å². The highest BCUT2D eigenvalue weighted by atomic mass is 15.2. The summed E-state index contributed by atoms with van der Waals surface area (Å²) in [6, 6.07) is 2.39. The van der Waals surface area contributed by atoms with Crippen molar-refractivity contribution in [3.05, 3.63) is 0 Å². The minimum Gasteiger partial charge on any atom is -0.314 e. The molecule has 2 rings (SSSR count). The van der Waals surface area contributed by atoms with Gasteiger partial charge in [-0.15, -0.1) is 0 Å². The fourth-order valence-electron chi connectivity index (χ4n) is 4.36. The molecule has 0 aromatic carbocycles. The molecule has 1 N–H and O–H groups in total. The predicted molar refractivity (Wildman–Crippen MR) is 83.5 cm³/mol. The maximum absolute atomic E-state index is 3.72. The molecule has 2 nitrogen and oxygen atoms in total. The number of hydrogen-bond acceptors (Lipinski definition) is 2. The third kappa shape index (κ3) is 3.95. The number of likely N-dealkylation sites (tertiary alicyclic amines) is 1. The monoisotopic (exact) mass is 266 g/mol. The molecule has 2 fully saturated rings. The fourth-order valence-corrected chi connectivity index (χ4v) is 4.36. The first-order valence-electron chi connectivity index (χ1n) is 8.61. The minimum absolute atomic E-state index is 0.768. The van der Waals surface area contributed by atoms with Crippen LogP contribution < -0.4 is 5.32 Å². The maximum atomic E-state index is 3.72. The van der Waals surface area contributed by atoms with Crippen LogP contribution in [0.25, 0.3) is 0 Å². The number of hydrogen-bond donors (Lipinski definition) is 1. The largest absolute Gasteiger partial charge is 0.314 e. The third-order valence-electron chi connectivity index (χ3n) is 5.42. The lowest BCUT2D eigenvalue weighted by atomic mass is 9.78. The average Bonchev–Trinajstić information content (AvgIpc) is 2.37. The molecule has 0 amide bonds. The van der Waals surface area contributed by atoms with Crippen molar-refractivity contribution in [3.63, 3.8) is 0 Å². The standard InChI is InChI=1S/C17H34N2/c1-5-9-18-16-8-10-19(15(4)12-16)17-7-6-13(2)11-14(17)3/h13-18H,5-12H2,1-4H3. The van der Waals surface area contributed by atoms with Gasteiger partial charge < -0.3 is 5.32 Å². The predicted octanol–water partition coefficient (Wildman–Crippen LogP) is 3.66. The van der Waals surface area contributed by atoms with Gasteiger partial charge in [0.2, 0.25) is 0 Å². The zero-order chi connectivity index (χ0) is 13.8. The van der Waals surface area contributed by atoms with E-state index in [-0.39, 0.29) is 0 Å². The van der Waals surface area contributed by atoms with Crippen LogP contribution in [0.15, 0.2) is 0 Å². The summed E-state index contributed by atoms with van der Waals surface area (Å²) in [7, 11) is 0. The Bertz CT molecular complexity index is 266. The molecule has 112 valence electrons. The second kappa shape index (κ2) is 7.08. The van der Waals surface area contributed by atoms with E-state index in [1.807, 2.05) is 0 Å². The van der Waals surface area contributed by atoms with Crippen molar-refractivity contribution in [1.29, 1.82) is 0 Å². The molecule has 2 aliphatic rings. The van der Waals surface area contributed by atoms with E-state index in [2.05, 4.69) is 37.9 Å². The molecule has 1 heterocycles. The van der Waals surface area contributed by atoms with Gasteiger partial charge in [-0.25, -0.2) is 0 Å². The Hall–Kier alpha value is -0.0800. The summed E-state index contributed by atoms with van der Waals surface area (Å²) in [6.07, 6.45) is 8.26. The van der Waals surface area contributed by atoms with E-state index in [9.17, 15) is 0 Å². The second-order valence-electron chi connectivity index (χ2n) is 7.23. The van der Waals surface area contributed by atoms with Crippen LogP contribution in [0.1, 0.15) is 66.2 Å². The van der Waals surface area contributed by atoms with Gasteiger partial charge in [0.05, 0.1) is 0 Å². The maximum Gasteiger partial charge on any atom is 0.0124 e. The smallest absolute Gasteiger partial charge is 0.0124 e. The van der Waals surface area contributed by atoms with Gasteiger partial charge in [-0.2, -0.15) is 0 Å². The molecule has 1 saturated carbocycles. The van der Waals surface area contributed by atoms with E-state index < -0.39 is 0 Å². The summed E-state index contributed by atoms with van der Waals surface area (Å²) in [4.78, 5) is 2.83. The van der Waals surface area contributed by atoms with Crippen molar-refractivity contribution in [2.75, 3.05) is 13.1 Å². The van der Waals surface area contributed by atoms with Crippen molar-refractivity contribution in [1.82, 2.24) is 10.2 Å². The van der Waals surface area contributed by atoms with Crippen molar-refractivity contribution < 1.29 is 0 Å². The molecule has 1 aliphatic heterocycles. The molecular formula is C17H34N2. The summed E-state index contributed by atoms with van der Waals surface area (Å²) < 4.78 is 0. The summed E-state index contributed by atoms with van der Waals surface area (Å²) in [5.74, 6) is 1.84. The van der Waals surface area contributed by atoms with Crippen LogP contribution in [-0.2, 0) is 0 Å². The second-order valence-corrected chi connectivity index (χ2v) is 7.23. The highest BCUT2D eigenvalue weighted by molar-refractivity contribution is 4.91. The van der Waals surface area contributed by atoms with Crippen molar-refractivity contribution in [2.24, 2.45) is 11.8 Å². The van der Waals surface area contributed by atoms with Gasteiger partial charge in [0.25, 0.3) is 0 Å². The van der Waals surface area contributed by atoms with E-state index in [0.29, 0.717) is 0 Å². The van der Waals surface area contributed by atoms with Gasteiger partial charge in [-0.05, 0) is 63.8 Å². The highest BCUT2D eigenvalue weighted by Gasteiger charge is 2.35. The van der Waals surface area contributed by atoms with Crippen LogP contribution in [0.4, 0.5) is 0 Å². The summed E-state index contributed by atoms with van der Waals surface area (Å²) >= 11 is 0. The van der Waals surface area contributed by atoms with Crippen LogP contribution in [-0.4, -0.2) is 36.1 Å². The number of nitrogens with zero attached hydrogens (tertiary/aromatic N) is 1. The zero-order valence-corrected chi connectivity index (χ0v) is 13.5. The first kappa shape index (κ1) is 15.3. The van der Waals surface area contributed by atoms with Gasteiger partial charge in [0.15, 0.2) is 0 Å². The normalized spacial score (nSPS) is 41.4. The first-order valence-corrected chi connectivity index (χ1v) is 8.61. The molecule has 0 bridgehead atoms. The Balaban J connectivity index is 1.85. The molecule has 0 aromatic heterocycles. The SMILES string of the molecule is CCCNC1CCN(C2CCC(C)CC2C)C(C)C1. The number of nitrogens with one attached hydrogen (secondary N) is 1. The number of piperidine rings is 1. The van der Waals surface area contributed by atoms with E-state index in [1.54, 1.807) is 0 Å². The molecule has 0 radical (unpaired) electrons. The molecule has 0 spiro atoms. The molecule has 5 unspecified atom stereocenters. The highest BCUT2D eigenvalue weighted by Crippen LogP contribution is 2.34. The Morgan fingerprint density at radius 3 is 2.47 bits per heavy atom. The molecule has 2 heteroatoms. The molecule has 19 heavy (non-hydrogen) atoms. The quantitative estimate of drug-likeness (QED) is 0.835. The third-order valence-corrected chi connectivity index (χ3v) is 5.42. The zero-order valence-electron chi connectivity index (χ0n) is 13.5. The van der Waals surface area contributed by atoms with E-state index in [0.717, 1.165) is 30.0 Å². The fraction of sp³-hybridized carbons (Fsp3) is 1.00. The molecule has 1 aliphatic carbocycles. The van der Waals surface area contributed by atoms with Crippen LogP contribution >= 0.6 is 0 Å². The van der Waals surface area contributed by atoms with Gasteiger partial charge in [0, 0.05) is 24.7 Å². The van der Waals surface area contributed by atoms with Gasteiger partial charge >= 0.3 is 0 Å². The Kier molecular flexibility index (Phi) is 5.70. The lowest BCUT2D eigenvalue weighted by molar-refractivity contribution is 0.0309. The lowest BCUT2D eigenvalue weighted by Crippen LogP contribution is -2.54. The van der Waals surface area contributed by atoms with Gasteiger partial charge in [-0.3, -0.25) is 4.90 Å². The molecular weight excluding hydrogens is 232 g/mol. The average molecular weight is 266 g/mol. The lowest BCUT2D eigenvalue weighted by Gasteiger charge is -2.47. The number of rotatable bonds is 4. The Morgan fingerprint density at radius 2 is 1.84 bits per heavy atom. The van der Waals surface area contributed by atoms with Crippen molar-refractivity contribution in [2.45, 2.75) is 84.3 Å². The Labute approximate surface area is 120 Å². The summed E-state index contributed by atoms with van der Waals surface area (Å²) in [5.41, 5.74) is 0. The minimum atomic E-state index is 0.768. The first-order chi connectivity index (χ1) is 9.11. The summed E-state index contributed by atoms with van der Waals surface area (Å²) in [6.45, 7) is 12.1. The van der Waals surface area contributed by atoms with Crippen LogP contribution in [0.5, 0.6) is 0 Å². The Morgan fingerprint density at radius 1 is 1.05 bits per heavy atom. The van der Waals surface area contributed by atoms with Crippen LogP contribution in [0.2, 0.25) is 0 Å².